The van der Waals surface area contributed by atoms with E-state index in [2.05, 4.69) is 23.3 Å². The Morgan fingerprint density at radius 3 is 2.57 bits per heavy atom. The zero-order valence-corrected chi connectivity index (χ0v) is 18.2. The number of aromatic nitrogens is 1. The molecule has 2 rings (SSSR count). The van der Waals surface area contributed by atoms with E-state index in [1.54, 1.807) is 6.07 Å². The Bertz CT molecular complexity index is 841. The third-order valence-electron chi connectivity index (χ3n) is 4.70. The number of nitriles is 1. The summed E-state index contributed by atoms with van der Waals surface area (Å²) >= 11 is 1.26. The van der Waals surface area contributed by atoms with Gasteiger partial charge < -0.3 is 15.5 Å². The number of carbonyl (C=O) groups excluding carboxylic acids is 1. The summed E-state index contributed by atoms with van der Waals surface area (Å²) < 4.78 is 0. The van der Waals surface area contributed by atoms with Gasteiger partial charge in [0, 0.05) is 11.4 Å². The van der Waals surface area contributed by atoms with Crippen molar-refractivity contribution in [2.24, 2.45) is 5.92 Å². The van der Waals surface area contributed by atoms with Gasteiger partial charge in [-0.2, -0.15) is 5.26 Å². The van der Waals surface area contributed by atoms with Gasteiger partial charge in [0.15, 0.2) is 0 Å². The standard InChI is InChI=1S/C23H29N3O3S/c1-3-8-20(17-10-5-4-6-11-17)26-23(29)19(13-24)22(30-15-18(28)14-27)21-12-7-9-16(2)25-21/h4-7,9-12,18-20,22,27-28H,3,8,14-15H2,1-2H3,(H,26,29). The number of amides is 1. The summed E-state index contributed by atoms with van der Waals surface area (Å²) in [6.45, 7) is 3.52. The van der Waals surface area contributed by atoms with Crippen molar-refractivity contribution < 1.29 is 15.0 Å². The molecule has 0 aliphatic heterocycles. The van der Waals surface area contributed by atoms with Crippen LogP contribution in [0.25, 0.3) is 0 Å². The Balaban J connectivity index is 2.27. The minimum atomic E-state index is -0.988. The predicted octanol–water partition coefficient (Wildman–Crippen LogP) is 3.31. The van der Waals surface area contributed by atoms with Crippen molar-refractivity contribution >= 4 is 17.7 Å². The number of hydrogen-bond acceptors (Lipinski definition) is 6. The van der Waals surface area contributed by atoms with Crippen molar-refractivity contribution in [3.05, 3.63) is 65.5 Å². The molecule has 0 radical (unpaired) electrons. The number of thioether (sulfide) groups is 1. The van der Waals surface area contributed by atoms with Gasteiger partial charge in [-0.3, -0.25) is 9.78 Å². The van der Waals surface area contributed by atoms with E-state index in [0.29, 0.717) is 5.69 Å². The van der Waals surface area contributed by atoms with Crippen LogP contribution in [0.15, 0.2) is 48.5 Å². The van der Waals surface area contributed by atoms with Gasteiger partial charge in [-0.1, -0.05) is 49.7 Å². The smallest absolute Gasteiger partial charge is 0.239 e. The molecule has 0 fully saturated rings. The van der Waals surface area contributed by atoms with Gasteiger partial charge in [-0.05, 0) is 31.0 Å². The number of carbonyl (C=O) groups is 1. The molecule has 1 aromatic heterocycles. The first-order chi connectivity index (χ1) is 14.5. The summed E-state index contributed by atoms with van der Waals surface area (Å²) in [5.74, 6) is -1.16. The minimum absolute atomic E-state index is 0.182. The molecule has 160 valence electrons. The molecule has 7 heteroatoms. The molecule has 0 saturated carbocycles. The van der Waals surface area contributed by atoms with E-state index in [1.165, 1.54) is 11.8 Å². The van der Waals surface area contributed by atoms with Crippen molar-refractivity contribution in [3.63, 3.8) is 0 Å². The van der Waals surface area contributed by atoms with Crippen molar-refractivity contribution in [1.29, 1.82) is 5.26 Å². The first-order valence-electron chi connectivity index (χ1n) is 10.1. The molecule has 4 atom stereocenters. The predicted molar refractivity (Wildman–Crippen MR) is 119 cm³/mol. The average Bonchev–Trinajstić information content (AvgIpc) is 2.76. The average molecular weight is 428 g/mol. The number of aliphatic hydroxyl groups is 2. The zero-order chi connectivity index (χ0) is 21.9. The number of pyridine rings is 1. The van der Waals surface area contributed by atoms with Gasteiger partial charge in [-0.25, -0.2) is 0 Å². The Morgan fingerprint density at radius 2 is 1.97 bits per heavy atom. The fourth-order valence-electron chi connectivity index (χ4n) is 3.16. The summed E-state index contributed by atoms with van der Waals surface area (Å²) in [5.41, 5.74) is 2.39. The SMILES string of the molecule is CCCC(NC(=O)C(C#N)C(SCC(O)CO)c1cccc(C)n1)c1ccccc1. The molecule has 30 heavy (non-hydrogen) atoms. The van der Waals surface area contributed by atoms with Gasteiger partial charge in [0.05, 0.1) is 35.8 Å². The van der Waals surface area contributed by atoms with E-state index < -0.39 is 17.3 Å². The lowest BCUT2D eigenvalue weighted by molar-refractivity contribution is -0.124. The summed E-state index contributed by atoms with van der Waals surface area (Å²) in [6.07, 6.45) is 0.719. The highest BCUT2D eigenvalue weighted by atomic mass is 32.2. The van der Waals surface area contributed by atoms with Crippen LogP contribution in [0.2, 0.25) is 0 Å². The normalized spacial score (nSPS) is 14.9. The Kier molecular flexibility index (Phi) is 9.81. The number of rotatable bonds is 11. The molecule has 1 heterocycles. The molecule has 0 saturated heterocycles. The second kappa shape index (κ2) is 12.3. The molecule has 4 unspecified atom stereocenters. The molecule has 0 bridgehead atoms. The molecule has 1 aromatic carbocycles. The van der Waals surface area contributed by atoms with Crippen LogP contribution in [0.3, 0.4) is 0 Å². The molecular formula is C23H29N3O3S. The van der Waals surface area contributed by atoms with Gasteiger partial charge >= 0.3 is 0 Å². The van der Waals surface area contributed by atoms with Crippen LogP contribution in [0.5, 0.6) is 0 Å². The largest absolute Gasteiger partial charge is 0.394 e. The molecule has 6 nitrogen and oxygen atoms in total. The van der Waals surface area contributed by atoms with Gasteiger partial charge in [0.2, 0.25) is 5.91 Å². The maximum Gasteiger partial charge on any atom is 0.239 e. The van der Waals surface area contributed by atoms with Crippen molar-refractivity contribution in [3.8, 4) is 6.07 Å². The van der Waals surface area contributed by atoms with E-state index in [9.17, 15) is 15.2 Å². The summed E-state index contributed by atoms with van der Waals surface area (Å²) in [4.78, 5) is 17.7. The highest BCUT2D eigenvalue weighted by Crippen LogP contribution is 2.36. The topological polar surface area (TPSA) is 106 Å². The van der Waals surface area contributed by atoms with Crippen LogP contribution >= 0.6 is 11.8 Å². The lowest BCUT2D eigenvalue weighted by Crippen LogP contribution is -2.36. The number of aryl methyl sites for hydroxylation is 1. The fraction of sp³-hybridized carbons (Fsp3) is 0.435. The van der Waals surface area contributed by atoms with Gasteiger partial charge in [0.25, 0.3) is 0 Å². The van der Waals surface area contributed by atoms with Gasteiger partial charge in [-0.15, -0.1) is 11.8 Å². The molecule has 3 N–H and O–H groups in total. The van der Waals surface area contributed by atoms with Crippen LogP contribution in [0, 0.1) is 24.2 Å². The summed E-state index contributed by atoms with van der Waals surface area (Å²) in [6, 6.07) is 17.1. The lowest BCUT2D eigenvalue weighted by atomic mass is 9.98. The first-order valence-corrected chi connectivity index (χ1v) is 11.1. The second-order valence-electron chi connectivity index (χ2n) is 7.16. The van der Waals surface area contributed by atoms with Crippen molar-refractivity contribution in [2.45, 2.75) is 44.1 Å². The summed E-state index contributed by atoms with van der Waals surface area (Å²) in [5, 5.41) is 31.3. The van der Waals surface area contributed by atoms with Crippen LogP contribution in [-0.4, -0.2) is 39.6 Å². The second-order valence-corrected chi connectivity index (χ2v) is 8.34. The lowest BCUT2D eigenvalue weighted by Gasteiger charge is -2.25. The van der Waals surface area contributed by atoms with Crippen molar-refractivity contribution in [1.82, 2.24) is 10.3 Å². The fourth-order valence-corrected chi connectivity index (χ4v) is 4.38. The minimum Gasteiger partial charge on any atom is -0.394 e. The Morgan fingerprint density at radius 1 is 1.23 bits per heavy atom. The highest BCUT2D eigenvalue weighted by Gasteiger charge is 2.33. The summed E-state index contributed by atoms with van der Waals surface area (Å²) in [7, 11) is 0. The number of nitrogens with one attached hydrogen (secondary N) is 1. The van der Waals surface area contributed by atoms with E-state index in [-0.39, 0.29) is 24.3 Å². The van der Waals surface area contributed by atoms with E-state index in [1.807, 2.05) is 49.4 Å². The van der Waals surface area contributed by atoms with Crippen LogP contribution in [-0.2, 0) is 4.79 Å². The Labute approximate surface area is 182 Å². The molecule has 0 aliphatic rings. The van der Waals surface area contributed by atoms with E-state index >= 15 is 0 Å². The molecule has 2 aromatic rings. The maximum atomic E-state index is 13.2. The maximum absolute atomic E-state index is 13.2. The van der Waals surface area contributed by atoms with Crippen LogP contribution in [0.4, 0.5) is 0 Å². The third-order valence-corrected chi connectivity index (χ3v) is 6.15. The molecule has 0 spiro atoms. The van der Waals surface area contributed by atoms with Gasteiger partial charge in [0.1, 0.15) is 5.92 Å². The van der Waals surface area contributed by atoms with Crippen LogP contribution < -0.4 is 5.32 Å². The van der Waals surface area contributed by atoms with E-state index in [4.69, 9.17) is 5.11 Å². The first kappa shape index (κ1) is 23.9. The zero-order valence-electron chi connectivity index (χ0n) is 17.4. The third kappa shape index (κ3) is 6.84. The monoisotopic (exact) mass is 427 g/mol. The molecule has 0 aliphatic carbocycles. The molecule has 1 amide bonds. The van der Waals surface area contributed by atoms with E-state index in [0.717, 1.165) is 24.1 Å². The number of aliphatic hydroxyl groups excluding tert-OH is 2. The number of nitrogens with zero attached hydrogens (tertiary/aromatic N) is 2. The Hall–Kier alpha value is -2.40. The molecular weight excluding hydrogens is 398 g/mol. The highest BCUT2D eigenvalue weighted by molar-refractivity contribution is 7.99. The number of hydrogen-bond donors (Lipinski definition) is 3. The number of benzene rings is 1. The quantitative estimate of drug-likeness (QED) is 0.508. The van der Waals surface area contributed by atoms with Crippen LogP contribution in [0.1, 0.15) is 48.0 Å². The van der Waals surface area contributed by atoms with Crippen molar-refractivity contribution in [2.75, 3.05) is 12.4 Å².